The molecule has 0 aromatic rings. The third kappa shape index (κ3) is 3.80. The number of carbonyl (C=O) groups is 1. The molecule has 0 saturated carbocycles. The molecular weight excluding hydrogens is 194 g/mol. The number of methoxy groups -OCH3 is 1. The smallest absolute Gasteiger partial charge is 0.309 e. The van der Waals surface area contributed by atoms with Gasteiger partial charge in [0, 0.05) is 19.6 Å². The summed E-state index contributed by atoms with van der Waals surface area (Å²) in [5.41, 5.74) is 0. The lowest BCUT2D eigenvalue weighted by Gasteiger charge is -2.36. The van der Waals surface area contributed by atoms with Crippen LogP contribution in [0, 0.1) is 5.92 Å². The fraction of sp³-hybridized carbons (Fsp3) is 0.909. The third-order valence-corrected chi connectivity index (χ3v) is 2.63. The number of rotatable bonds is 3. The van der Waals surface area contributed by atoms with Gasteiger partial charge in [-0.25, -0.2) is 0 Å². The standard InChI is InChI=1S/C11H21NO3/c1-8(11(13)14-4)5-12-6-9(2)15-10(3)7-12/h8-10H,5-7H2,1-4H3. The van der Waals surface area contributed by atoms with E-state index in [1.165, 1.54) is 7.11 Å². The Kier molecular flexibility index (Phi) is 4.54. The number of esters is 1. The summed E-state index contributed by atoms with van der Waals surface area (Å²) < 4.78 is 10.3. The van der Waals surface area contributed by atoms with E-state index in [1.54, 1.807) is 0 Å². The van der Waals surface area contributed by atoms with Crippen molar-refractivity contribution in [3.05, 3.63) is 0 Å². The average molecular weight is 215 g/mol. The Morgan fingerprint density at radius 2 is 2.00 bits per heavy atom. The van der Waals surface area contributed by atoms with Gasteiger partial charge in [-0.3, -0.25) is 9.69 Å². The molecule has 0 aromatic heterocycles. The number of ether oxygens (including phenoxy) is 2. The molecule has 1 heterocycles. The van der Waals surface area contributed by atoms with Gasteiger partial charge in [-0.1, -0.05) is 6.92 Å². The summed E-state index contributed by atoms with van der Waals surface area (Å²) >= 11 is 0. The summed E-state index contributed by atoms with van der Waals surface area (Å²) in [6, 6.07) is 0. The van der Waals surface area contributed by atoms with Crippen LogP contribution in [-0.4, -0.2) is 49.8 Å². The average Bonchev–Trinajstić information content (AvgIpc) is 2.14. The second-order valence-corrected chi connectivity index (χ2v) is 4.40. The zero-order valence-electron chi connectivity index (χ0n) is 10.0. The summed E-state index contributed by atoms with van der Waals surface area (Å²) in [6.45, 7) is 8.57. The molecule has 0 radical (unpaired) electrons. The first-order chi connectivity index (χ1) is 7.02. The Morgan fingerprint density at radius 1 is 1.47 bits per heavy atom. The highest BCUT2D eigenvalue weighted by atomic mass is 16.5. The van der Waals surface area contributed by atoms with Gasteiger partial charge in [0.25, 0.3) is 0 Å². The van der Waals surface area contributed by atoms with Crippen molar-refractivity contribution in [2.75, 3.05) is 26.7 Å². The first-order valence-electron chi connectivity index (χ1n) is 5.48. The zero-order chi connectivity index (χ0) is 11.4. The molecule has 4 nitrogen and oxygen atoms in total. The lowest BCUT2D eigenvalue weighted by Crippen LogP contribution is -2.47. The Bertz CT molecular complexity index is 210. The molecular formula is C11H21NO3. The predicted molar refractivity (Wildman–Crippen MR) is 57.6 cm³/mol. The minimum absolute atomic E-state index is 0.0625. The van der Waals surface area contributed by atoms with Crippen LogP contribution in [0.25, 0.3) is 0 Å². The summed E-state index contributed by atoms with van der Waals surface area (Å²) in [7, 11) is 1.43. The van der Waals surface area contributed by atoms with E-state index in [1.807, 2.05) is 6.92 Å². The third-order valence-electron chi connectivity index (χ3n) is 2.63. The van der Waals surface area contributed by atoms with E-state index in [2.05, 4.69) is 18.7 Å². The summed E-state index contributed by atoms with van der Waals surface area (Å²) in [5.74, 6) is -0.200. The van der Waals surface area contributed by atoms with Crippen LogP contribution < -0.4 is 0 Å². The summed E-state index contributed by atoms with van der Waals surface area (Å²) in [5, 5.41) is 0. The van der Waals surface area contributed by atoms with E-state index in [9.17, 15) is 4.79 Å². The molecule has 4 heteroatoms. The van der Waals surface area contributed by atoms with Crippen LogP contribution in [0.15, 0.2) is 0 Å². The maximum Gasteiger partial charge on any atom is 0.309 e. The first kappa shape index (κ1) is 12.5. The van der Waals surface area contributed by atoms with Gasteiger partial charge in [-0.15, -0.1) is 0 Å². The molecule has 0 aliphatic carbocycles. The molecule has 1 saturated heterocycles. The second kappa shape index (κ2) is 5.47. The molecule has 1 rings (SSSR count). The van der Waals surface area contributed by atoms with Crippen molar-refractivity contribution in [2.24, 2.45) is 5.92 Å². The minimum Gasteiger partial charge on any atom is -0.469 e. The van der Waals surface area contributed by atoms with E-state index in [0.717, 1.165) is 19.6 Å². The topological polar surface area (TPSA) is 38.8 Å². The van der Waals surface area contributed by atoms with E-state index >= 15 is 0 Å². The van der Waals surface area contributed by atoms with Gasteiger partial charge in [-0.05, 0) is 13.8 Å². The Labute approximate surface area is 91.5 Å². The molecule has 0 spiro atoms. The monoisotopic (exact) mass is 215 g/mol. The van der Waals surface area contributed by atoms with Gasteiger partial charge in [0.05, 0.1) is 25.2 Å². The van der Waals surface area contributed by atoms with Gasteiger partial charge in [0.15, 0.2) is 0 Å². The van der Waals surface area contributed by atoms with Crippen LogP contribution in [0.4, 0.5) is 0 Å². The largest absolute Gasteiger partial charge is 0.469 e. The van der Waals surface area contributed by atoms with Crippen molar-refractivity contribution < 1.29 is 14.3 Å². The van der Waals surface area contributed by atoms with Crippen LogP contribution >= 0.6 is 0 Å². The predicted octanol–water partition coefficient (Wildman–Crippen LogP) is 0.905. The number of nitrogens with zero attached hydrogens (tertiary/aromatic N) is 1. The van der Waals surface area contributed by atoms with E-state index < -0.39 is 0 Å². The van der Waals surface area contributed by atoms with Crippen molar-refractivity contribution >= 4 is 5.97 Å². The number of hydrogen-bond acceptors (Lipinski definition) is 4. The molecule has 3 atom stereocenters. The fourth-order valence-electron chi connectivity index (χ4n) is 2.10. The summed E-state index contributed by atoms with van der Waals surface area (Å²) in [4.78, 5) is 13.5. The molecule has 1 aliphatic heterocycles. The maximum absolute atomic E-state index is 11.3. The van der Waals surface area contributed by atoms with E-state index in [-0.39, 0.29) is 24.1 Å². The normalized spacial score (nSPS) is 29.9. The number of hydrogen-bond donors (Lipinski definition) is 0. The molecule has 1 fully saturated rings. The van der Waals surface area contributed by atoms with E-state index in [0.29, 0.717) is 0 Å². The molecule has 3 unspecified atom stereocenters. The highest BCUT2D eigenvalue weighted by Gasteiger charge is 2.25. The zero-order valence-corrected chi connectivity index (χ0v) is 10.0. The summed E-state index contributed by atoms with van der Waals surface area (Å²) in [6.07, 6.45) is 0.497. The molecule has 88 valence electrons. The van der Waals surface area contributed by atoms with Crippen molar-refractivity contribution in [1.82, 2.24) is 4.90 Å². The van der Waals surface area contributed by atoms with Crippen LogP contribution in [0.2, 0.25) is 0 Å². The number of morpholine rings is 1. The highest BCUT2D eigenvalue weighted by molar-refractivity contribution is 5.72. The van der Waals surface area contributed by atoms with Crippen molar-refractivity contribution in [1.29, 1.82) is 0 Å². The molecule has 0 N–H and O–H groups in total. The molecule has 15 heavy (non-hydrogen) atoms. The van der Waals surface area contributed by atoms with Gasteiger partial charge >= 0.3 is 5.97 Å². The van der Waals surface area contributed by atoms with Crippen LogP contribution in [-0.2, 0) is 14.3 Å². The molecule has 0 aromatic carbocycles. The maximum atomic E-state index is 11.3. The minimum atomic E-state index is -0.137. The van der Waals surface area contributed by atoms with Gasteiger partial charge in [0.1, 0.15) is 0 Å². The van der Waals surface area contributed by atoms with Crippen LogP contribution in [0.3, 0.4) is 0 Å². The lowest BCUT2D eigenvalue weighted by molar-refractivity contribution is -0.146. The van der Waals surface area contributed by atoms with Gasteiger partial charge < -0.3 is 9.47 Å². The molecule has 0 amide bonds. The fourth-order valence-corrected chi connectivity index (χ4v) is 2.10. The molecule has 1 aliphatic rings. The van der Waals surface area contributed by atoms with Gasteiger partial charge in [-0.2, -0.15) is 0 Å². The Balaban J connectivity index is 2.40. The second-order valence-electron chi connectivity index (χ2n) is 4.40. The SMILES string of the molecule is COC(=O)C(C)CN1CC(C)OC(C)C1. The molecule has 0 bridgehead atoms. The van der Waals surface area contributed by atoms with Crippen LogP contribution in [0.5, 0.6) is 0 Å². The van der Waals surface area contributed by atoms with Crippen molar-refractivity contribution in [2.45, 2.75) is 33.0 Å². The Hall–Kier alpha value is -0.610. The Morgan fingerprint density at radius 3 is 2.47 bits per heavy atom. The van der Waals surface area contributed by atoms with Crippen molar-refractivity contribution in [3.8, 4) is 0 Å². The van der Waals surface area contributed by atoms with E-state index in [4.69, 9.17) is 9.47 Å². The highest BCUT2D eigenvalue weighted by Crippen LogP contribution is 2.12. The lowest BCUT2D eigenvalue weighted by atomic mass is 10.1. The number of carbonyl (C=O) groups excluding carboxylic acids is 1. The van der Waals surface area contributed by atoms with Crippen LogP contribution in [0.1, 0.15) is 20.8 Å². The van der Waals surface area contributed by atoms with Gasteiger partial charge in [0.2, 0.25) is 0 Å². The quantitative estimate of drug-likeness (QED) is 0.656. The first-order valence-corrected chi connectivity index (χ1v) is 5.48. The van der Waals surface area contributed by atoms with Crippen molar-refractivity contribution in [3.63, 3.8) is 0 Å².